The van der Waals surface area contributed by atoms with E-state index in [9.17, 15) is 9.59 Å². The molecule has 1 aromatic rings. The number of thiophene rings is 1. The number of ether oxygens (including phenoxy) is 1. The fourth-order valence-corrected chi connectivity index (χ4v) is 4.25. The number of piperidine rings is 1. The number of rotatable bonds is 4. The molecule has 22 heavy (non-hydrogen) atoms. The van der Waals surface area contributed by atoms with Crippen molar-refractivity contribution in [1.29, 1.82) is 0 Å². The molecule has 2 aliphatic rings. The van der Waals surface area contributed by atoms with Crippen LogP contribution in [0.3, 0.4) is 0 Å². The van der Waals surface area contributed by atoms with Gasteiger partial charge in [0.2, 0.25) is 11.8 Å². The Morgan fingerprint density at radius 2 is 2.36 bits per heavy atom. The SMILES string of the molecule is CN1C(=O)CCC(C(=O)NCC2CCCO2)C1c1cccs1. The van der Waals surface area contributed by atoms with Gasteiger partial charge >= 0.3 is 0 Å². The molecule has 0 spiro atoms. The Morgan fingerprint density at radius 3 is 3.05 bits per heavy atom. The summed E-state index contributed by atoms with van der Waals surface area (Å²) in [7, 11) is 1.80. The number of likely N-dealkylation sites (tertiary alicyclic amines) is 1. The quantitative estimate of drug-likeness (QED) is 0.922. The zero-order valence-corrected chi connectivity index (χ0v) is 13.6. The maximum Gasteiger partial charge on any atom is 0.225 e. The van der Waals surface area contributed by atoms with E-state index in [-0.39, 0.29) is 29.9 Å². The van der Waals surface area contributed by atoms with Crippen LogP contribution in [0.25, 0.3) is 0 Å². The number of amides is 2. The van der Waals surface area contributed by atoms with Gasteiger partial charge in [0.05, 0.1) is 18.1 Å². The number of nitrogens with zero attached hydrogens (tertiary/aromatic N) is 1. The summed E-state index contributed by atoms with van der Waals surface area (Å²) in [5.74, 6) is -0.0300. The Balaban J connectivity index is 1.69. The van der Waals surface area contributed by atoms with Crippen molar-refractivity contribution in [2.24, 2.45) is 5.92 Å². The minimum absolute atomic E-state index is 0.0354. The molecule has 2 fully saturated rings. The number of carbonyl (C=O) groups is 2. The van der Waals surface area contributed by atoms with Crippen LogP contribution in [0.1, 0.15) is 36.6 Å². The molecule has 5 nitrogen and oxygen atoms in total. The minimum Gasteiger partial charge on any atom is -0.376 e. The molecule has 2 amide bonds. The third kappa shape index (κ3) is 3.17. The predicted molar refractivity (Wildman–Crippen MR) is 84.5 cm³/mol. The monoisotopic (exact) mass is 322 g/mol. The van der Waals surface area contributed by atoms with Crippen LogP contribution in [0, 0.1) is 5.92 Å². The molecule has 1 N–H and O–H groups in total. The van der Waals surface area contributed by atoms with Crippen LogP contribution < -0.4 is 5.32 Å². The first-order valence-electron chi connectivity index (χ1n) is 7.85. The Labute approximate surface area is 134 Å². The molecule has 3 atom stereocenters. The standard InChI is InChI=1S/C16H22N2O3S/c1-18-14(19)7-6-12(15(18)13-5-3-9-22-13)16(20)17-10-11-4-2-8-21-11/h3,5,9,11-12,15H,2,4,6-8,10H2,1H3,(H,17,20). The van der Waals surface area contributed by atoms with Gasteiger partial charge in [-0.15, -0.1) is 11.3 Å². The lowest BCUT2D eigenvalue weighted by Crippen LogP contribution is -2.47. The molecule has 3 heterocycles. The summed E-state index contributed by atoms with van der Waals surface area (Å²) in [4.78, 5) is 27.4. The van der Waals surface area contributed by atoms with E-state index in [1.54, 1.807) is 23.3 Å². The highest BCUT2D eigenvalue weighted by molar-refractivity contribution is 7.10. The molecule has 2 aliphatic heterocycles. The molecule has 2 saturated heterocycles. The second kappa shape index (κ2) is 6.79. The molecule has 0 aromatic carbocycles. The fraction of sp³-hybridized carbons (Fsp3) is 0.625. The van der Waals surface area contributed by atoms with Crippen molar-refractivity contribution in [3.63, 3.8) is 0 Å². The van der Waals surface area contributed by atoms with Crippen molar-refractivity contribution < 1.29 is 14.3 Å². The Bertz CT molecular complexity index is 526. The van der Waals surface area contributed by atoms with Gasteiger partial charge in [-0.25, -0.2) is 0 Å². The predicted octanol–water partition coefficient (Wildman–Crippen LogP) is 1.95. The summed E-state index contributed by atoms with van der Waals surface area (Å²) in [6.07, 6.45) is 3.28. The van der Waals surface area contributed by atoms with Crippen LogP contribution in [-0.4, -0.2) is 43.0 Å². The molecule has 0 saturated carbocycles. The summed E-state index contributed by atoms with van der Waals surface area (Å²) in [6.45, 7) is 1.36. The van der Waals surface area contributed by atoms with Crippen molar-refractivity contribution in [3.8, 4) is 0 Å². The molecular weight excluding hydrogens is 300 g/mol. The lowest BCUT2D eigenvalue weighted by atomic mass is 9.87. The van der Waals surface area contributed by atoms with Gasteiger partial charge in [0.15, 0.2) is 0 Å². The Hall–Kier alpha value is -1.40. The van der Waals surface area contributed by atoms with Gasteiger partial charge in [-0.1, -0.05) is 6.07 Å². The van der Waals surface area contributed by atoms with Crippen LogP contribution in [0.2, 0.25) is 0 Å². The average Bonchev–Trinajstić information content (AvgIpc) is 3.20. The zero-order valence-electron chi connectivity index (χ0n) is 12.8. The third-order valence-corrected chi connectivity index (χ3v) is 5.50. The molecule has 0 aliphatic carbocycles. The summed E-state index contributed by atoms with van der Waals surface area (Å²) in [5.41, 5.74) is 0. The van der Waals surface area contributed by atoms with E-state index in [1.807, 2.05) is 17.5 Å². The highest BCUT2D eigenvalue weighted by Crippen LogP contribution is 2.37. The number of nitrogens with one attached hydrogen (secondary N) is 1. The van der Waals surface area contributed by atoms with Crippen molar-refractivity contribution in [2.75, 3.05) is 20.2 Å². The second-order valence-corrected chi connectivity index (χ2v) is 6.97. The van der Waals surface area contributed by atoms with Crippen LogP contribution in [0.4, 0.5) is 0 Å². The number of hydrogen-bond donors (Lipinski definition) is 1. The highest BCUT2D eigenvalue weighted by atomic mass is 32.1. The topological polar surface area (TPSA) is 58.6 Å². The lowest BCUT2D eigenvalue weighted by molar-refractivity contribution is -0.141. The Kier molecular flexibility index (Phi) is 4.78. The third-order valence-electron chi connectivity index (χ3n) is 4.56. The van der Waals surface area contributed by atoms with E-state index in [1.165, 1.54) is 0 Å². The fourth-order valence-electron chi connectivity index (χ4n) is 3.31. The maximum atomic E-state index is 12.6. The first kappa shape index (κ1) is 15.5. The summed E-state index contributed by atoms with van der Waals surface area (Å²) >= 11 is 1.60. The number of carbonyl (C=O) groups excluding carboxylic acids is 2. The molecule has 1 aromatic heterocycles. The highest BCUT2D eigenvalue weighted by Gasteiger charge is 2.39. The molecule has 0 bridgehead atoms. The first-order chi connectivity index (χ1) is 10.7. The zero-order chi connectivity index (χ0) is 15.5. The van der Waals surface area contributed by atoms with Gasteiger partial charge in [-0.2, -0.15) is 0 Å². The summed E-state index contributed by atoms with van der Waals surface area (Å²) in [6, 6.07) is 3.82. The van der Waals surface area contributed by atoms with Gasteiger partial charge in [-0.3, -0.25) is 9.59 Å². The lowest BCUT2D eigenvalue weighted by Gasteiger charge is -2.37. The van der Waals surface area contributed by atoms with Crippen molar-refractivity contribution in [3.05, 3.63) is 22.4 Å². The van der Waals surface area contributed by atoms with Crippen molar-refractivity contribution in [1.82, 2.24) is 10.2 Å². The molecule has 6 heteroatoms. The maximum absolute atomic E-state index is 12.6. The normalized spacial score (nSPS) is 28.9. The molecular formula is C16H22N2O3S. The van der Waals surface area contributed by atoms with Gasteiger partial charge in [-0.05, 0) is 30.7 Å². The van der Waals surface area contributed by atoms with E-state index >= 15 is 0 Å². The van der Waals surface area contributed by atoms with E-state index < -0.39 is 0 Å². The summed E-state index contributed by atoms with van der Waals surface area (Å²) < 4.78 is 5.55. The van der Waals surface area contributed by atoms with E-state index in [0.717, 1.165) is 24.3 Å². The van der Waals surface area contributed by atoms with Crippen molar-refractivity contribution >= 4 is 23.2 Å². The van der Waals surface area contributed by atoms with Gasteiger partial charge < -0.3 is 15.0 Å². The molecule has 3 rings (SSSR count). The van der Waals surface area contributed by atoms with Crippen LogP contribution in [0.15, 0.2) is 17.5 Å². The first-order valence-corrected chi connectivity index (χ1v) is 8.73. The van der Waals surface area contributed by atoms with Crippen LogP contribution in [0.5, 0.6) is 0 Å². The minimum atomic E-state index is -0.178. The van der Waals surface area contributed by atoms with Gasteiger partial charge in [0, 0.05) is 31.5 Å². The molecule has 120 valence electrons. The van der Waals surface area contributed by atoms with Crippen LogP contribution in [-0.2, 0) is 14.3 Å². The van der Waals surface area contributed by atoms with E-state index in [2.05, 4.69) is 5.32 Å². The van der Waals surface area contributed by atoms with E-state index in [4.69, 9.17) is 4.74 Å². The second-order valence-electron chi connectivity index (χ2n) is 5.99. The van der Waals surface area contributed by atoms with Crippen LogP contribution >= 0.6 is 11.3 Å². The smallest absolute Gasteiger partial charge is 0.225 e. The largest absolute Gasteiger partial charge is 0.376 e. The van der Waals surface area contributed by atoms with Gasteiger partial charge in [0.25, 0.3) is 0 Å². The van der Waals surface area contributed by atoms with Gasteiger partial charge in [0.1, 0.15) is 0 Å². The van der Waals surface area contributed by atoms with Crippen molar-refractivity contribution in [2.45, 2.75) is 37.8 Å². The molecule has 0 radical (unpaired) electrons. The summed E-state index contributed by atoms with van der Waals surface area (Å²) in [5, 5.41) is 5.01. The Morgan fingerprint density at radius 1 is 1.50 bits per heavy atom. The molecule has 3 unspecified atom stereocenters. The number of hydrogen-bond acceptors (Lipinski definition) is 4. The average molecular weight is 322 g/mol. The van der Waals surface area contributed by atoms with E-state index in [0.29, 0.717) is 19.4 Å².